The van der Waals surface area contributed by atoms with Gasteiger partial charge in [0.1, 0.15) is 5.82 Å². The van der Waals surface area contributed by atoms with Crippen molar-refractivity contribution < 1.29 is 14.7 Å². The normalized spacial score (nSPS) is 30.4. The molecule has 0 aliphatic heterocycles. The SMILES string of the molecule is CN(C(=O)[C@H]1C2C=CC(C2)[C@H]1C(=O)O)c1ccccn1. The van der Waals surface area contributed by atoms with Crippen molar-refractivity contribution in [1.29, 1.82) is 0 Å². The highest BCUT2D eigenvalue weighted by molar-refractivity contribution is 5.97. The first-order valence-corrected chi connectivity index (χ1v) is 6.69. The average Bonchev–Trinajstić information content (AvgIpc) is 3.07. The quantitative estimate of drug-likeness (QED) is 0.848. The maximum Gasteiger partial charge on any atom is 0.307 e. The summed E-state index contributed by atoms with van der Waals surface area (Å²) >= 11 is 0. The van der Waals surface area contributed by atoms with Gasteiger partial charge in [0.15, 0.2) is 0 Å². The van der Waals surface area contributed by atoms with Crippen LogP contribution < -0.4 is 4.90 Å². The van der Waals surface area contributed by atoms with Gasteiger partial charge in [-0.05, 0) is 30.4 Å². The molecule has 1 N–H and O–H groups in total. The van der Waals surface area contributed by atoms with Crippen molar-refractivity contribution in [2.45, 2.75) is 6.42 Å². The summed E-state index contributed by atoms with van der Waals surface area (Å²) in [5.74, 6) is -1.54. The summed E-state index contributed by atoms with van der Waals surface area (Å²) in [4.78, 5) is 29.7. The molecule has 0 saturated heterocycles. The Labute approximate surface area is 116 Å². The number of carbonyl (C=O) groups is 2. The van der Waals surface area contributed by atoms with Gasteiger partial charge in [0, 0.05) is 13.2 Å². The van der Waals surface area contributed by atoms with Gasteiger partial charge in [-0.3, -0.25) is 14.5 Å². The van der Waals surface area contributed by atoms with Crippen LogP contribution in [-0.4, -0.2) is 29.0 Å². The highest BCUT2D eigenvalue weighted by Gasteiger charge is 2.52. The lowest BCUT2D eigenvalue weighted by atomic mass is 9.82. The van der Waals surface area contributed by atoms with E-state index in [0.29, 0.717) is 5.82 Å². The number of hydrogen-bond donors (Lipinski definition) is 1. The van der Waals surface area contributed by atoms with Crippen LogP contribution in [0.4, 0.5) is 5.82 Å². The van der Waals surface area contributed by atoms with Crippen molar-refractivity contribution >= 4 is 17.7 Å². The van der Waals surface area contributed by atoms with E-state index in [1.807, 2.05) is 18.2 Å². The number of fused-ring (bicyclic) bond motifs is 2. The Morgan fingerprint density at radius 1 is 1.25 bits per heavy atom. The number of rotatable bonds is 3. The predicted molar refractivity (Wildman–Crippen MR) is 73.0 cm³/mol. The van der Waals surface area contributed by atoms with E-state index >= 15 is 0 Å². The molecule has 4 atom stereocenters. The van der Waals surface area contributed by atoms with E-state index in [2.05, 4.69) is 4.98 Å². The number of anilines is 1. The van der Waals surface area contributed by atoms with Crippen LogP contribution >= 0.6 is 0 Å². The minimum Gasteiger partial charge on any atom is -0.481 e. The van der Waals surface area contributed by atoms with E-state index in [-0.39, 0.29) is 17.7 Å². The van der Waals surface area contributed by atoms with Gasteiger partial charge in [-0.1, -0.05) is 18.2 Å². The van der Waals surface area contributed by atoms with Crippen LogP contribution in [0, 0.1) is 23.7 Å². The predicted octanol–water partition coefficient (Wildman–Crippen LogP) is 1.57. The van der Waals surface area contributed by atoms with E-state index in [9.17, 15) is 14.7 Å². The van der Waals surface area contributed by atoms with Gasteiger partial charge < -0.3 is 5.11 Å². The summed E-state index contributed by atoms with van der Waals surface area (Å²) in [6.07, 6.45) is 6.31. The largest absolute Gasteiger partial charge is 0.481 e. The van der Waals surface area contributed by atoms with Crippen molar-refractivity contribution in [1.82, 2.24) is 4.98 Å². The molecule has 5 heteroatoms. The highest BCUT2D eigenvalue weighted by Crippen LogP contribution is 2.48. The fourth-order valence-corrected chi connectivity index (χ4v) is 3.38. The van der Waals surface area contributed by atoms with Crippen LogP contribution in [0.15, 0.2) is 36.5 Å². The molecule has 104 valence electrons. The molecule has 1 aromatic heterocycles. The Bertz CT molecular complexity index is 570. The van der Waals surface area contributed by atoms with Gasteiger partial charge in [0.25, 0.3) is 0 Å². The van der Waals surface area contributed by atoms with Crippen LogP contribution in [0.25, 0.3) is 0 Å². The van der Waals surface area contributed by atoms with Crippen molar-refractivity contribution in [2.75, 3.05) is 11.9 Å². The lowest BCUT2D eigenvalue weighted by Crippen LogP contribution is -2.41. The average molecular weight is 272 g/mol. The number of amides is 1. The van der Waals surface area contributed by atoms with Crippen molar-refractivity contribution in [2.24, 2.45) is 23.7 Å². The molecule has 1 amide bonds. The molecule has 2 bridgehead atoms. The first-order valence-electron chi connectivity index (χ1n) is 6.69. The van der Waals surface area contributed by atoms with Crippen molar-refractivity contribution in [3.8, 4) is 0 Å². The first-order chi connectivity index (χ1) is 9.59. The third kappa shape index (κ3) is 1.90. The van der Waals surface area contributed by atoms with Crippen LogP contribution in [0.2, 0.25) is 0 Å². The third-order valence-electron chi connectivity index (χ3n) is 4.35. The van der Waals surface area contributed by atoms with E-state index in [1.165, 1.54) is 4.90 Å². The van der Waals surface area contributed by atoms with Crippen molar-refractivity contribution in [3.63, 3.8) is 0 Å². The topological polar surface area (TPSA) is 70.5 Å². The van der Waals surface area contributed by atoms with Gasteiger partial charge >= 0.3 is 5.97 Å². The number of carboxylic acid groups (broad SMARTS) is 1. The Hall–Kier alpha value is -2.17. The molecule has 3 rings (SSSR count). The number of carboxylic acids is 1. The van der Waals surface area contributed by atoms with Crippen LogP contribution in [0.3, 0.4) is 0 Å². The molecule has 2 aliphatic rings. The molecule has 1 saturated carbocycles. The number of aromatic nitrogens is 1. The fourth-order valence-electron chi connectivity index (χ4n) is 3.38. The maximum absolute atomic E-state index is 12.6. The van der Waals surface area contributed by atoms with Crippen LogP contribution in [0.5, 0.6) is 0 Å². The zero-order chi connectivity index (χ0) is 14.3. The number of pyridine rings is 1. The molecule has 0 aromatic carbocycles. The fraction of sp³-hybridized carbons (Fsp3) is 0.400. The molecular weight excluding hydrogens is 256 g/mol. The first kappa shape index (κ1) is 12.8. The van der Waals surface area contributed by atoms with E-state index in [1.54, 1.807) is 25.4 Å². The summed E-state index contributed by atoms with van der Waals surface area (Å²) in [7, 11) is 1.65. The highest BCUT2D eigenvalue weighted by atomic mass is 16.4. The van der Waals surface area contributed by atoms with E-state index < -0.39 is 17.8 Å². The van der Waals surface area contributed by atoms with Crippen LogP contribution in [0.1, 0.15) is 6.42 Å². The van der Waals surface area contributed by atoms with Gasteiger partial charge in [-0.25, -0.2) is 4.98 Å². The third-order valence-corrected chi connectivity index (χ3v) is 4.35. The Morgan fingerprint density at radius 3 is 2.55 bits per heavy atom. The molecule has 20 heavy (non-hydrogen) atoms. The number of aliphatic carboxylic acids is 1. The minimum absolute atomic E-state index is 0.0106. The molecule has 1 aromatic rings. The second-order valence-corrected chi connectivity index (χ2v) is 5.42. The number of hydrogen-bond acceptors (Lipinski definition) is 3. The molecule has 0 radical (unpaired) electrons. The molecule has 2 aliphatic carbocycles. The summed E-state index contributed by atoms with van der Waals surface area (Å²) in [5, 5.41) is 9.39. The summed E-state index contributed by atoms with van der Waals surface area (Å²) in [6.45, 7) is 0. The van der Waals surface area contributed by atoms with Crippen LogP contribution in [-0.2, 0) is 9.59 Å². The van der Waals surface area contributed by atoms with E-state index in [4.69, 9.17) is 0 Å². The number of nitrogens with zero attached hydrogens (tertiary/aromatic N) is 2. The Balaban J connectivity index is 1.87. The van der Waals surface area contributed by atoms with Gasteiger partial charge in [-0.2, -0.15) is 0 Å². The van der Waals surface area contributed by atoms with Gasteiger partial charge in [0.05, 0.1) is 11.8 Å². The molecule has 2 unspecified atom stereocenters. The van der Waals surface area contributed by atoms with Crippen molar-refractivity contribution in [3.05, 3.63) is 36.5 Å². The standard InChI is InChI=1S/C15H16N2O3/c1-17(11-4-2-3-7-16-11)14(18)12-9-5-6-10(8-9)13(12)15(19)20/h2-7,9-10,12-13H,8H2,1H3,(H,19,20)/t9?,10?,12-,13+/m0/s1. The lowest BCUT2D eigenvalue weighted by Gasteiger charge is -2.28. The second-order valence-electron chi connectivity index (χ2n) is 5.42. The molecular formula is C15H16N2O3. The molecule has 5 nitrogen and oxygen atoms in total. The Kier molecular flexibility index (Phi) is 3.04. The summed E-state index contributed by atoms with van der Waals surface area (Å²) < 4.78 is 0. The number of allylic oxidation sites excluding steroid dienone is 2. The molecule has 1 fully saturated rings. The maximum atomic E-state index is 12.6. The van der Waals surface area contributed by atoms with Gasteiger partial charge in [-0.15, -0.1) is 0 Å². The Morgan fingerprint density at radius 2 is 1.95 bits per heavy atom. The molecule has 0 spiro atoms. The second kappa shape index (κ2) is 4.74. The minimum atomic E-state index is -0.880. The monoisotopic (exact) mass is 272 g/mol. The number of carbonyl (C=O) groups excluding carboxylic acids is 1. The zero-order valence-corrected chi connectivity index (χ0v) is 11.1. The summed E-state index contributed by atoms with van der Waals surface area (Å²) in [5.41, 5.74) is 0. The smallest absolute Gasteiger partial charge is 0.307 e. The lowest BCUT2D eigenvalue weighted by molar-refractivity contribution is -0.147. The molecule has 1 heterocycles. The zero-order valence-electron chi connectivity index (χ0n) is 11.1. The van der Waals surface area contributed by atoms with E-state index in [0.717, 1.165) is 6.42 Å². The van der Waals surface area contributed by atoms with Gasteiger partial charge in [0.2, 0.25) is 5.91 Å². The summed E-state index contributed by atoms with van der Waals surface area (Å²) in [6, 6.07) is 5.33.